The molecule has 0 N–H and O–H groups in total. The molecule has 8 aromatic rings. The number of rotatable bonds is 8. The summed E-state index contributed by atoms with van der Waals surface area (Å²) in [5, 5.41) is 0. The van der Waals surface area contributed by atoms with E-state index in [1.165, 1.54) is 66.8 Å². The molecule has 0 radical (unpaired) electrons. The van der Waals surface area contributed by atoms with Crippen LogP contribution in [-0.2, 0) is 21.7 Å². The molecular formula is C65H66BN3. The smallest absolute Gasteiger partial charge is 0.247 e. The Morgan fingerprint density at radius 1 is 0.377 bits per heavy atom. The van der Waals surface area contributed by atoms with E-state index in [2.05, 4.69) is 291 Å². The summed E-state index contributed by atoms with van der Waals surface area (Å²) in [6.45, 7) is 25.3. The normalized spacial score (nSPS) is 13.7. The Morgan fingerprint density at radius 3 is 1.43 bits per heavy atom. The van der Waals surface area contributed by atoms with E-state index >= 15 is 0 Å². The maximum atomic E-state index is 2.52. The highest BCUT2D eigenvalue weighted by atomic mass is 15.2. The second kappa shape index (κ2) is 17.2. The zero-order valence-corrected chi connectivity index (χ0v) is 42.5. The summed E-state index contributed by atoms with van der Waals surface area (Å²) in [6.07, 6.45) is 2.47. The summed E-state index contributed by atoms with van der Waals surface area (Å²) in [5.41, 5.74) is 20.7. The van der Waals surface area contributed by atoms with E-state index in [4.69, 9.17) is 0 Å². The molecule has 0 saturated carbocycles. The highest BCUT2D eigenvalue weighted by Crippen LogP contribution is 2.48. The molecule has 344 valence electrons. The van der Waals surface area contributed by atoms with Crippen molar-refractivity contribution in [3.63, 3.8) is 0 Å². The molecule has 0 atom stereocenters. The van der Waals surface area contributed by atoms with Crippen molar-refractivity contribution in [2.75, 3.05) is 14.7 Å². The van der Waals surface area contributed by atoms with Crippen molar-refractivity contribution < 1.29 is 0 Å². The lowest BCUT2D eigenvalue weighted by atomic mass is 9.30. The molecule has 3 nitrogen and oxygen atoms in total. The Bertz CT molecular complexity index is 3110. The second-order valence-corrected chi connectivity index (χ2v) is 22.8. The lowest BCUT2D eigenvalue weighted by molar-refractivity contribution is 0.590. The number of allylic oxidation sites excluding steroid dienone is 1. The van der Waals surface area contributed by atoms with Crippen LogP contribution in [0.5, 0.6) is 0 Å². The summed E-state index contributed by atoms with van der Waals surface area (Å²) in [4.78, 5) is 7.42. The quantitative estimate of drug-likeness (QED) is 0.141. The molecule has 0 spiro atoms. The molecule has 0 aromatic heterocycles. The topological polar surface area (TPSA) is 9.72 Å². The highest BCUT2D eigenvalue weighted by molar-refractivity contribution is 6.95. The Labute approximate surface area is 412 Å². The SMILES string of the molecule is CC(C)(C)c1ccc(-c2cccc(N3C=C(C(C)(C)c4ccccc4)B4c5ccc(N(c6ccc(C(C)(C)C)cc6)c6ccc(C(C)(C)C)cc6)cc5N(c5ccccc5)c5cccc3c54)c2)cc1. The van der Waals surface area contributed by atoms with Crippen LogP contribution >= 0.6 is 0 Å². The van der Waals surface area contributed by atoms with Gasteiger partial charge in [-0.3, -0.25) is 0 Å². The fraction of sp³-hybridized carbons (Fsp3) is 0.231. The lowest BCUT2D eigenvalue weighted by Crippen LogP contribution is -2.57. The highest BCUT2D eigenvalue weighted by Gasteiger charge is 2.46. The van der Waals surface area contributed by atoms with Crippen LogP contribution in [-0.4, -0.2) is 6.71 Å². The van der Waals surface area contributed by atoms with E-state index in [1.54, 1.807) is 0 Å². The van der Waals surface area contributed by atoms with Crippen LogP contribution < -0.4 is 25.6 Å². The number of benzene rings is 8. The fourth-order valence-electron chi connectivity index (χ4n) is 10.5. The molecular weight excluding hydrogens is 834 g/mol. The lowest BCUT2D eigenvalue weighted by Gasteiger charge is -2.46. The largest absolute Gasteiger partial charge is 0.318 e. The van der Waals surface area contributed by atoms with Crippen molar-refractivity contribution in [2.45, 2.75) is 97.8 Å². The van der Waals surface area contributed by atoms with Gasteiger partial charge in [0.2, 0.25) is 6.71 Å². The van der Waals surface area contributed by atoms with Crippen LogP contribution in [0, 0.1) is 0 Å². The van der Waals surface area contributed by atoms with Crippen LogP contribution in [0.3, 0.4) is 0 Å². The van der Waals surface area contributed by atoms with Crippen molar-refractivity contribution in [2.24, 2.45) is 0 Å². The van der Waals surface area contributed by atoms with Gasteiger partial charge in [0.25, 0.3) is 0 Å². The summed E-state index contributed by atoms with van der Waals surface area (Å²) >= 11 is 0. The average molecular weight is 900 g/mol. The Morgan fingerprint density at radius 2 is 0.870 bits per heavy atom. The van der Waals surface area contributed by atoms with Crippen molar-refractivity contribution in [1.82, 2.24) is 0 Å². The number of hydrogen-bond donors (Lipinski definition) is 0. The minimum atomic E-state index is -0.337. The van der Waals surface area contributed by atoms with E-state index in [0.717, 1.165) is 28.4 Å². The standard InChI is InChI=1S/C65H66BN3/c1-62(2,3)47-30-28-45(29-31-47)46-20-18-25-54(42-46)67-44-60(65(10,11)50-21-14-12-15-22-50)66-56-41-40-55(43-59(56)69(51-23-16-13-17-24-51)58-27-19-26-57(67)61(58)66)68(52-36-32-48(33-37-52)63(4,5)6)53-38-34-49(35-39-53)64(7,8)9/h12-44H,1-11H3. The van der Waals surface area contributed by atoms with Crippen molar-refractivity contribution in [3.05, 3.63) is 228 Å². The fourth-order valence-corrected chi connectivity index (χ4v) is 10.5. The number of para-hydroxylation sites is 1. The van der Waals surface area contributed by atoms with Crippen molar-refractivity contribution in [3.8, 4) is 11.1 Å². The first-order chi connectivity index (χ1) is 32.9. The number of hydrogen-bond acceptors (Lipinski definition) is 3. The van der Waals surface area contributed by atoms with Gasteiger partial charge in [-0.25, -0.2) is 0 Å². The van der Waals surface area contributed by atoms with Gasteiger partial charge in [-0.15, -0.1) is 0 Å². The van der Waals surface area contributed by atoms with Gasteiger partial charge in [0.05, 0.1) is 0 Å². The molecule has 69 heavy (non-hydrogen) atoms. The second-order valence-electron chi connectivity index (χ2n) is 22.8. The van der Waals surface area contributed by atoms with Crippen LogP contribution in [0.1, 0.15) is 98.4 Å². The Hall–Kier alpha value is -7.04. The molecule has 4 heteroatoms. The maximum absolute atomic E-state index is 2.52. The number of anilines is 8. The third kappa shape index (κ3) is 8.49. The molecule has 0 aliphatic carbocycles. The van der Waals surface area contributed by atoms with Crippen LogP contribution in [0.4, 0.5) is 45.5 Å². The minimum Gasteiger partial charge on any atom is -0.318 e. The molecule has 0 bridgehead atoms. The zero-order valence-electron chi connectivity index (χ0n) is 42.5. The molecule has 0 unspecified atom stereocenters. The monoisotopic (exact) mass is 900 g/mol. The molecule has 10 rings (SSSR count). The van der Waals surface area contributed by atoms with Gasteiger partial charge in [0, 0.05) is 57.1 Å². The first-order valence-electron chi connectivity index (χ1n) is 24.8. The van der Waals surface area contributed by atoms with E-state index in [0.29, 0.717) is 0 Å². The van der Waals surface area contributed by atoms with Gasteiger partial charge >= 0.3 is 0 Å². The van der Waals surface area contributed by atoms with Gasteiger partial charge in [-0.2, -0.15) is 0 Å². The van der Waals surface area contributed by atoms with Gasteiger partial charge in [-0.1, -0.05) is 203 Å². The summed E-state index contributed by atoms with van der Waals surface area (Å²) in [7, 11) is 0. The van der Waals surface area contributed by atoms with Crippen molar-refractivity contribution in [1.29, 1.82) is 0 Å². The number of nitrogens with zero attached hydrogens (tertiary/aromatic N) is 3. The van der Waals surface area contributed by atoms with E-state index < -0.39 is 0 Å². The van der Waals surface area contributed by atoms with Crippen LogP contribution in [0.2, 0.25) is 0 Å². The molecule has 2 aliphatic rings. The maximum Gasteiger partial charge on any atom is 0.247 e. The predicted molar refractivity (Wildman–Crippen MR) is 298 cm³/mol. The average Bonchev–Trinajstić information content (AvgIpc) is 3.34. The third-order valence-corrected chi connectivity index (χ3v) is 14.7. The summed E-state index contributed by atoms with van der Waals surface area (Å²) in [6, 6.07) is 72.8. The van der Waals surface area contributed by atoms with Crippen LogP contribution in [0.15, 0.2) is 206 Å². The Balaban J connectivity index is 1.19. The van der Waals surface area contributed by atoms with Gasteiger partial charge < -0.3 is 14.7 Å². The molecule has 0 saturated heterocycles. The van der Waals surface area contributed by atoms with Crippen LogP contribution in [0.25, 0.3) is 11.1 Å². The summed E-state index contributed by atoms with van der Waals surface area (Å²) < 4.78 is 0. The third-order valence-electron chi connectivity index (χ3n) is 14.7. The van der Waals surface area contributed by atoms with Gasteiger partial charge in [0.15, 0.2) is 0 Å². The predicted octanol–water partition coefficient (Wildman–Crippen LogP) is 16.7. The molecule has 2 aliphatic heterocycles. The molecule has 0 amide bonds. The summed E-state index contributed by atoms with van der Waals surface area (Å²) in [5.74, 6) is 0. The first-order valence-corrected chi connectivity index (χ1v) is 24.8. The molecule has 2 heterocycles. The van der Waals surface area contributed by atoms with Gasteiger partial charge in [-0.05, 0) is 133 Å². The Kier molecular flexibility index (Phi) is 11.4. The first kappa shape index (κ1) is 45.7. The van der Waals surface area contributed by atoms with E-state index in [1.807, 2.05) is 0 Å². The molecule has 0 fully saturated rings. The van der Waals surface area contributed by atoms with Gasteiger partial charge in [0.1, 0.15) is 0 Å². The van der Waals surface area contributed by atoms with E-state index in [-0.39, 0.29) is 28.4 Å². The van der Waals surface area contributed by atoms with Crippen molar-refractivity contribution >= 4 is 63.1 Å². The minimum absolute atomic E-state index is 0.0228. The zero-order chi connectivity index (χ0) is 48.5. The molecule has 8 aromatic carbocycles. The number of fused-ring (bicyclic) bond motifs is 2. The van der Waals surface area contributed by atoms with E-state index in [9.17, 15) is 0 Å².